The van der Waals surface area contributed by atoms with E-state index in [0.717, 1.165) is 19.4 Å². The molecule has 0 aliphatic heterocycles. The summed E-state index contributed by atoms with van der Waals surface area (Å²) >= 11 is 0. The van der Waals surface area contributed by atoms with E-state index in [9.17, 15) is 4.79 Å². The SMILES string of the molecule is CCCCOCCOCCOCCNC(C)(C)C(=O)O. The molecule has 0 aromatic heterocycles. The third kappa shape index (κ3) is 11.2. The van der Waals surface area contributed by atoms with Crippen LogP contribution in [0.4, 0.5) is 0 Å². The van der Waals surface area contributed by atoms with Gasteiger partial charge in [-0.05, 0) is 20.3 Å². The first kappa shape index (κ1) is 19.3. The molecule has 20 heavy (non-hydrogen) atoms. The van der Waals surface area contributed by atoms with Crippen molar-refractivity contribution < 1.29 is 24.1 Å². The van der Waals surface area contributed by atoms with Gasteiger partial charge in [-0.3, -0.25) is 4.79 Å². The standard InChI is InChI=1S/C14H29NO5/c1-4-5-7-18-9-11-20-12-10-19-8-6-15-14(2,3)13(16)17/h15H,4-12H2,1-3H3,(H,16,17). The first-order valence-electron chi connectivity index (χ1n) is 7.22. The van der Waals surface area contributed by atoms with E-state index in [-0.39, 0.29) is 0 Å². The molecule has 120 valence electrons. The van der Waals surface area contributed by atoms with Crippen LogP contribution in [0.1, 0.15) is 33.6 Å². The third-order valence-corrected chi connectivity index (χ3v) is 2.73. The zero-order valence-corrected chi connectivity index (χ0v) is 12.9. The summed E-state index contributed by atoms with van der Waals surface area (Å²) in [5.74, 6) is -0.871. The number of ether oxygens (including phenoxy) is 3. The third-order valence-electron chi connectivity index (χ3n) is 2.73. The van der Waals surface area contributed by atoms with Crippen LogP contribution in [0.15, 0.2) is 0 Å². The smallest absolute Gasteiger partial charge is 0.323 e. The van der Waals surface area contributed by atoms with E-state index in [0.29, 0.717) is 39.6 Å². The number of rotatable bonds is 14. The molecule has 2 N–H and O–H groups in total. The van der Waals surface area contributed by atoms with Crippen molar-refractivity contribution in [2.24, 2.45) is 0 Å². The second-order valence-electron chi connectivity index (χ2n) is 5.05. The molecular weight excluding hydrogens is 262 g/mol. The highest BCUT2D eigenvalue weighted by molar-refractivity contribution is 5.77. The van der Waals surface area contributed by atoms with Crippen LogP contribution in [0.25, 0.3) is 0 Å². The lowest BCUT2D eigenvalue weighted by Gasteiger charge is -2.20. The Morgan fingerprint density at radius 2 is 1.50 bits per heavy atom. The summed E-state index contributed by atoms with van der Waals surface area (Å²) in [4.78, 5) is 10.8. The molecule has 0 atom stereocenters. The van der Waals surface area contributed by atoms with Gasteiger partial charge in [0.05, 0.1) is 33.0 Å². The zero-order valence-electron chi connectivity index (χ0n) is 12.9. The first-order chi connectivity index (χ1) is 9.50. The molecule has 0 fully saturated rings. The minimum absolute atomic E-state index is 0.465. The summed E-state index contributed by atoms with van der Waals surface area (Å²) in [6.45, 7) is 9.36. The van der Waals surface area contributed by atoms with Crippen molar-refractivity contribution in [3.8, 4) is 0 Å². The molecule has 0 aliphatic rings. The van der Waals surface area contributed by atoms with Gasteiger partial charge < -0.3 is 24.6 Å². The van der Waals surface area contributed by atoms with E-state index < -0.39 is 11.5 Å². The predicted octanol–water partition coefficient (Wildman–Crippen LogP) is 1.29. The molecule has 6 nitrogen and oxygen atoms in total. The first-order valence-corrected chi connectivity index (χ1v) is 7.22. The number of nitrogens with one attached hydrogen (secondary N) is 1. The molecule has 0 rings (SSSR count). The monoisotopic (exact) mass is 291 g/mol. The quantitative estimate of drug-likeness (QED) is 0.470. The molecule has 0 unspecified atom stereocenters. The lowest BCUT2D eigenvalue weighted by Crippen LogP contribution is -2.47. The van der Waals surface area contributed by atoms with E-state index in [1.165, 1.54) is 0 Å². The molecule has 0 aliphatic carbocycles. The second-order valence-corrected chi connectivity index (χ2v) is 5.05. The van der Waals surface area contributed by atoms with Crippen LogP contribution in [-0.2, 0) is 19.0 Å². The summed E-state index contributed by atoms with van der Waals surface area (Å²) in [5.41, 5.74) is -0.921. The van der Waals surface area contributed by atoms with E-state index in [2.05, 4.69) is 12.2 Å². The number of hydrogen-bond donors (Lipinski definition) is 2. The molecule has 0 aromatic carbocycles. The van der Waals surface area contributed by atoms with Crippen molar-refractivity contribution in [1.29, 1.82) is 0 Å². The number of carboxylic acids is 1. The minimum Gasteiger partial charge on any atom is -0.480 e. The Balaban J connectivity index is 3.19. The Bertz CT molecular complexity index is 246. The molecule has 0 radical (unpaired) electrons. The average molecular weight is 291 g/mol. The Morgan fingerprint density at radius 1 is 1.00 bits per heavy atom. The van der Waals surface area contributed by atoms with Gasteiger partial charge in [-0.1, -0.05) is 13.3 Å². The van der Waals surface area contributed by atoms with E-state index in [4.69, 9.17) is 19.3 Å². The van der Waals surface area contributed by atoms with Crippen molar-refractivity contribution in [3.05, 3.63) is 0 Å². The summed E-state index contributed by atoms with van der Waals surface area (Å²) in [5, 5.41) is 11.8. The van der Waals surface area contributed by atoms with Crippen molar-refractivity contribution in [3.63, 3.8) is 0 Å². The number of aliphatic carboxylic acids is 1. The lowest BCUT2D eigenvalue weighted by molar-refractivity contribution is -0.143. The molecule has 0 amide bonds. The number of hydrogen-bond acceptors (Lipinski definition) is 5. The topological polar surface area (TPSA) is 77.0 Å². The highest BCUT2D eigenvalue weighted by Crippen LogP contribution is 2.00. The predicted molar refractivity (Wildman–Crippen MR) is 77.1 cm³/mol. The van der Waals surface area contributed by atoms with E-state index in [1.54, 1.807) is 13.8 Å². The van der Waals surface area contributed by atoms with Crippen molar-refractivity contribution in [2.45, 2.75) is 39.2 Å². The maximum Gasteiger partial charge on any atom is 0.323 e. The van der Waals surface area contributed by atoms with Crippen LogP contribution in [0.5, 0.6) is 0 Å². The lowest BCUT2D eigenvalue weighted by atomic mass is 10.1. The molecule has 0 bridgehead atoms. The number of carboxylic acid groups (broad SMARTS) is 1. The van der Waals surface area contributed by atoms with Crippen LogP contribution in [0.2, 0.25) is 0 Å². The van der Waals surface area contributed by atoms with Crippen LogP contribution >= 0.6 is 0 Å². The zero-order chi connectivity index (χ0) is 15.3. The van der Waals surface area contributed by atoms with Crippen LogP contribution in [-0.4, -0.2) is 62.8 Å². The summed E-state index contributed by atoms with van der Waals surface area (Å²) in [7, 11) is 0. The normalized spacial score (nSPS) is 11.8. The van der Waals surface area contributed by atoms with Gasteiger partial charge in [0.15, 0.2) is 0 Å². The average Bonchev–Trinajstić information content (AvgIpc) is 2.39. The van der Waals surface area contributed by atoms with Crippen molar-refractivity contribution >= 4 is 5.97 Å². The fraction of sp³-hybridized carbons (Fsp3) is 0.929. The van der Waals surface area contributed by atoms with Gasteiger partial charge in [0.25, 0.3) is 0 Å². The molecule has 0 saturated carbocycles. The van der Waals surface area contributed by atoms with E-state index >= 15 is 0 Å². The van der Waals surface area contributed by atoms with Crippen LogP contribution < -0.4 is 5.32 Å². The van der Waals surface area contributed by atoms with E-state index in [1.807, 2.05) is 0 Å². The van der Waals surface area contributed by atoms with Crippen molar-refractivity contribution in [2.75, 3.05) is 46.2 Å². The Hall–Kier alpha value is -0.690. The molecule has 6 heteroatoms. The van der Waals surface area contributed by atoms with Gasteiger partial charge >= 0.3 is 5.97 Å². The number of carbonyl (C=O) groups is 1. The van der Waals surface area contributed by atoms with Gasteiger partial charge in [-0.15, -0.1) is 0 Å². The Kier molecular flexibility index (Phi) is 11.7. The second kappa shape index (κ2) is 12.1. The Morgan fingerprint density at radius 3 is 2.00 bits per heavy atom. The summed E-state index contributed by atoms with van der Waals surface area (Å²) in [6.07, 6.45) is 2.23. The van der Waals surface area contributed by atoms with Crippen LogP contribution in [0, 0.1) is 0 Å². The van der Waals surface area contributed by atoms with Gasteiger partial charge in [0.1, 0.15) is 5.54 Å². The van der Waals surface area contributed by atoms with Crippen molar-refractivity contribution in [1.82, 2.24) is 5.32 Å². The number of unbranched alkanes of at least 4 members (excludes halogenated alkanes) is 1. The van der Waals surface area contributed by atoms with Crippen LogP contribution in [0.3, 0.4) is 0 Å². The molecule has 0 spiro atoms. The molecule has 0 heterocycles. The van der Waals surface area contributed by atoms with Gasteiger partial charge in [-0.2, -0.15) is 0 Å². The largest absolute Gasteiger partial charge is 0.480 e. The highest BCUT2D eigenvalue weighted by Gasteiger charge is 2.25. The Labute approximate surface area is 121 Å². The maximum atomic E-state index is 10.8. The summed E-state index contributed by atoms with van der Waals surface area (Å²) < 4.78 is 16.0. The molecule has 0 saturated heterocycles. The van der Waals surface area contributed by atoms with Gasteiger partial charge in [-0.25, -0.2) is 0 Å². The summed E-state index contributed by atoms with van der Waals surface area (Å²) in [6, 6.07) is 0. The fourth-order valence-corrected chi connectivity index (χ4v) is 1.30. The van der Waals surface area contributed by atoms with Gasteiger partial charge in [0.2, 0.25) is 0 Å². The van der Waals surface area contributed by atoms with Gasteiger partial charge in [0, 0.05) is 13.2 Å². The molecular formula is C14H29NO5. The molecule has 0 aromatic rings. The minimum atomic E-state index is -0.921. The fourth-order valence-electron chi connectivity index (χ4n) is 1.30. The highest BCUT2D eigenvalue weighted by atomic mass is 16.5. The maximum absolute atomic E-state index is 10.8.